The molecule has 0 aromatic heterocycles. The zero-order valence-electron chi connectivity index (χ0n) is 14.1. The van der Waals surface area contributed by atoms with Crippen molar-refractivity contribution in [2.24, 2.45) is 11.8 Å². The Morgan fingerprint density at radius 1 is 1.09 bits per heavy atom. The molecule has 4 nitrogen and oxygen atoms in total. The summed E-state index contributed by atoms with van der Waals surface area (Å²) in [4.78, 5) is 12.7. The van der Waals surface area contributed by atoms with E-state index in [0.717, 1.165) is 62.4 Å². The molecular formula is C19H27NO3. The van der Waals surface area contributed by atoms with Crippen molar-refractivity contribution in [2.45, 2.75) is 39.2 Å². The SMILES string of the molecule is Cc1ccc(C)c(C(=O)N[C@@H]2CCOC[C@@H]2C2CCOCC2)c1. The van der Waals surface area contributed by atoms with Crippen LogP contribution in [-0.4, -0.2) is 38.4 Å². The molecule has 0 bridgehead atoms. The zero-order chi connectivity index (χ0) is 16.2. The van der Waals surface area contributed by atoms with Gasteiger partial charge in [0.1, 0.15) is 0 Å². The van der Waals surface area contributed by atoms with Gasteiger partial charge in [-0.25, -0.2) is 0 Å². The number of ether oxygens (including phenoxy) is 2. The minimum Gasteiger partial charge on any atom is -0.381 e. The second-order valence-corrected chi connectivity index (χ2v) is 6.88. The fourth-order valence-electron chi connectivity index (χ4n) is 3.77. The summed E-state index contributed by atoms with van der Waals surface area (Å²) in [5.74, 6) is 1.05. The topological polar surface area (TPSA) is 47.6 Å². The van der Waals surface area contributed by atoms with Crippen LogP contribution in [0, 0.1) is 25.7 Å². The molecule has 4 heteroatoms. The van der Waals surface area contributed by atoms with E-state index in [1.165, 1.54) is 0 Å². The molecule has 23 heavy (non-hydrogen) atoms. The van der Waals surface area contributed by atoms with Crippen LogP contribution in [-0.2, 0) is 9.47 Å². The lowest BCUT2D eigenvalue weighted by Crippen LogP contribution is -2.49. The molecule has 1 aromatic carbocycles. The highest BCUT2D eigenvalue weighted by atomic mass is 16.5. The molecule has 0 aliphatic carbocycles. The molecule has 2 aliphatic rings. The van der Waals surface area contributed by atoms with E-state index in [2.05, 4.69) is 5.32 Å². The lowest BCUT2D eigenvalue weighted by Gasteiger charge is -2.39. The van der Waals surface area contributed by atoms with Gasteiger partial charge in [-0.05, 0) is 50.7 Å². The van der Waals surface area contributed by atoms with Crippen molar-refractivity contribution in [1.29, 1.82) is 0 Å². The number of hydrogen-bond donors (Lipinski definition) is 1. The predicted molar refractivity (Wildman–Crippen MR) is 89.6 cm³/mol. The molecule has 2 saturated heterocycles. The van der Waals surface area contributed by atoms with E-state index in [1.54, 1.807) is 0 Å². The van der Waals surface area contributed by atoms with Crippen LogP contribution in [0.25, 0.3) is 0 Å². The Hall–Kier alpha value is -1.39. The van der Waals surface area contributed by atoms with Crippen LogP contribution in [0.3, 0.4) is 0 Å². The second kappa shape index (κ2) is 7.45. The minimum atomic E-state index is 0.0511. The molecule has 0 saturated carbocycles. The molecule has 1 aromatic rings. The van der Waals surface area contributed by atoms with Crippen LogP contribution >= 0.6 is 0 Å². The van der Waals surface area contributed by atoms with Crippen LogP contribution < -0.4 is 5.32 Å². The average Bonchev–Trinajstić information content (AvgIpc) is 2.58. The van der Waals surface area contributed by atoms with E-state index >= 15 is 0 Å². The van der Waals surface area contributed by atoms with Crippen molar-refractivity contribution in [3.05, 3.63) is 34.9 Å². The summed E-state index contributed by atoms with van der Waals surface area (Å²) in [6.07, 6.45) is 3.05. The van der Waals surface area contributed by atoms with Gasteiger partial charge in [-0.3, -0.25) is 4.79 Å². The molecule has 2 heterocycles. The number of rotatable bonds is 3. The molecule has 2 atom stereocenters. The van der Waals surface area contributed by atoms with Gasteiger partial charge in [0.15, 0.2) is 0 Å². The normalized spacial score (nSPS) is 26.0. The Morgan fingerprint density at radius 2 is 1.83 bits per heavy atom. The lowest BCUT2D eigenvalue weighted by molar-refractivity contribution is -0.0259. The standard InChI is InChI=1S/C19H27NO3/c1-13-3-4-14(2)16(11-13)19(21)20-18-7-10-23-12-17(18)15-5-8-22-9-6-15/h3-4,11,15,17-18H,5-10,12H2,1-2H3,(H,20,21)/t17-,18-/m1/s1. The van der Waals surface area contributed by atoms with Gasteiger partial charge in [-0.15, -0.1) is 0 Å². The van der Waals surface area contributed by atoms with Gasteiger partial charge in [0.25, 0.3) is 5.91 Å². The molecule has 2 fully saturated rings. The third-order valence-corrected chi connectivity index (χ3v) is 5.23. The Balaban J connectivity index is 1.71. The fraction of sp³-hybridized carbons (Fsp3) is 0.632. The smallest absolute Gasteiger partial charge is 0.251 e. The molecule has 0 spiro atoms. The maximum atomic E-state index is 12.7. The number of hydrogen-bond acceptors (Lipinski definition) is 3. The summed E-state index contributed by atoms with van der Waals surface area (Å²) in [5, 5.41) is 3.29. The molecule has 126 valence electrons. The van der Waals surface area contributed by atoms with Crippen LogP contribution in [0.4, 0.5) is 0 Å². The van der Waals surface area contributed by atoms with Crippen LogP contribution in [0.5, 0.6) is 0 Å². The first kappa shape index (κ1) is 16.5. The van der Waals surface area contributed by atoms with Gasteiger partial charge >= 0.3 is 0 Å². The Bertz CT molecular complexity index is 552. The van der Waals surface area contributed by atoms with Crippen molar-refractivity contribution in [1.82, 2.24) is 5.32 Å². The molecule has 3 rings (SSSR count). The van der Waals surface area contributed by atoms with Crippen LogP contribution in [0.15, 0.2) is 18.2 Å². The van der Waals surface area contributed by atoms with Crippen molar-refractivity contribution in [3.8, 4) is 0 Å². The van der Waals surface area contributed by atoms with Gasteiger partial charge in [-0.1, -0.05) is 17.7 Å². The maximum absolute atomic E-state index is 12.7. The Morgan fingerprint density at radius 3 is 2.61 bits per heavy atom. The summed E-state index contributed by atoms with van der Waals surface area (Å²) < 4.78 is 11.2. The summed E-state index contributed by atoms with van der Waals surface area (Å²) in [5.41, 5.74) is 2.94. The van der Waals surface area contributed by atoms with Crippen molar-refractivity contribution < 1.29 is 14.3 Å². The molecule has 1 N–H and O–H groups in total. The highest BCUT2D eigenvalue weighted by Crippen LogP contribution is 2.30. The highest BCUT2D eigenvalue weighted by molar-refractivity contribution is 5.96. The molecule has 0 radical (unpaired) electrons. The summed E-state index contributed by atoms with van der Waals surface area (Å²) >= 11 is 0. The first-order chi connectivity index (χ1) is 11.1. The highest BCUT2D eigenvalue weighted by Gasteiger charge is 2.34. The Kier molecular flexibility index (Phi) is 5.34. The van der Waals surface area contributed by atoms with Gasteiger partial charge in [0.05, 0.1) is 6.61 Å². The van der Waals surface area contributed by atoms with Crippen molar-refractivity contribution in [3.63, 3.8) is 0 Å². The number of carbonyl (C=O) groups is 1. The molecule has 2 aliphatic heterocycles. The van der Waals surface area contributed by atoms with E-state index in [9.17, 15) is 4.79 Å². The van der Waals surface area contributed by atoms with E-state index < -0.39 is 0 Å². The lowest BCUT2D eigenvalue weighted by atomic mass is 9.79. The number of benzene rings is 1. The van der Waals surface area contributed by atoms with Gasteiger partial charge in [0, 0.05) is 37.3 Å². The fourth-order valence-corrected chi connectivity index (χ4v) is 3.77. The monoisotopic (exact) mass is 317 g/mol. The predicted octanol–water partition coefficient (Wildman–Crippen LogP) is 2.86. The number of amides is 1. The first-order valence-corrected chi connectivity index (χ1v) is 8.69. The van der Waals surface area contributed by atoms with E-state index in [-0.39, 0.29) is 11.9 Å². The number of carbonyl (C=O) groups excluding carboxylic acids is 1. The van der Waals surface area contributed by atoms with Crippen LogP contribution in [0.1, 0.15) is 40.7 Å². The maximum Gasteiger partial charge on any atom is 0.251 e. The minimum absolute atomic E-state index is 0.0511. The van der Waals surface area contributed by atoms with Gasteiger partial charge < -0.3 is 14.8 Å². The number of nitrogens with one attached hydrogen (secondary N) is 1. The van der Waals surface area contributed by atoms with E-state index in [4.69, 9.17) is 9.47 Å². The third kappa shape index (κ3) is 3.93. The van der Waals surface area contributed by atoms with Crippen LogP contribution in [0.2, 0.25) is 0 Å². The number of aryl methyl sites for hydroxylation is 2. The average molecular weight is 317 g/mol. The van der Waals surface area contributed by atoms with E-state index in [0.29, 0.717) is 11.8 Å². The summed E-state index contributed by atoms with van der Waals surface area (Å²) in [6.45, 7) is 7.17. The Labute approximate surface area is 138 Å². The molecular weight excluding hydrogens is 290 g/mol. The summed E-state index contributed by atoms with van der Waals surface area (Å²) in [6, 6.07) is 6.25. The summed E-state index contributed by atoms with van der Waals surface area (Å²) in [7, 11) is 0. The van der Waals surface area contributed by atoms with E-state index in [1.807, 2.05) is 32.0 Å². The molecule has 0 unspecified atom stereocenters. The third-order valence-electron chi connectivity index (χ3n) is 5.23. The largest absolute Gasteiger partial charge is 0.381 e. The van der Waals surface area contributed by atoms with Crippen molar-refractivity contribution in [2.75, 3.05) is 26.4 Å². The second-order valence-electron chi connectivity index (χ2n) is 6.88. The van der Waals surface area contributed by atoms with Gasteiger partial charge in [0.2, 0.25) is 0 Å². The molecule has 1 amide bonds. The quantitative estimate of drug-likeness (QED) is 0.932. The zero-order valence-corrected chi connectivity index (χ0v) is 14.1. The van der Waals surface area contributed by atoms with Crippen molar-refractivity contribution >= 4 is 5.91 Å². The first-order valence-electron chi connectivity index (χ1n) is 8.69. The van der Waals surface area contributed by atoms with Gasteiger partial charge in [-0.2, -0.15) is 0 Å².